The number of sulfonamides is 1. The highest BCUT2D eigenvalue weighted by atomic mass is 32.2. The highest BCUT2D eigenvalue weighted by Crippen LogP contribution is 2.30. The number of carbonyl (C=O) groups is 1. The Labute approximate surface area is 180 Å². The van der Waals surface area contributed by atoms with E-state index < -0.39 is 10.0 Å². The topological polar surface area (TPSA) is 97.8 Å². The van der Waals surface area contributed by atoms with Crippen LogP contribution in [0, 0.1) is 0 Å². The molecule has 1 aromatic heterocycles. The molecule has 0 unspecified atom stereocenters. The van der Waals surface area contributed by atoms with Gasteiger partial charge in [0.2, 0.25) is 15.9 Å². The number of ether oxygens (including phenoxy) is 2. The van der Waals surface area contributed by atoms with E-state index in [2.05, 4.69) is 10.3 Å². The van der Waals surface area contributed by atoms with E-state index in [1.807, 2.05) is 24.3 Å². The van der Waals surface area contributed by atoms with Gasteiger partial charge in [0.25, 0.3) is 0 Å². The normalized spacial score (nSPS) is 18.9. The van der Waals surface area contributed by atoms with Crippen LogP contribution in [0.5, 0.6) is 11.5 Å². The molecular formula is C20H23N3O5S2. The Morgan fingerprint density at radius 3 is 2.67 bits per heavy atom. The van der Waals surface area contributed by atoms with Crippen LogP contribution in [0.1, 0.15) is 12.8 Å². The number of thioether (sulfide) groups is 1. The molecule has 3 heterocycles. The summed E-state index contributed by atoms with van der Waals surface area (Å²) in [5.74, 6) is 1.40. The van der Waals surface area contributed by atoms with Crippen LogP contribution in [-0.4, -0.2) is 61.7 Å². The maximum absolute atomic E-state index is 12.5. The minimum absolute atomic E-state index is 0.155. The monoisotopic (exact) mass is 449 g/mol. The van der Waals surface area contributed by atoms with E-state index >= 15 is 0 Å². The number of amides is 1. The van der Waals surface area contributed by atoms with Crippen molar-refractivity contribution >= 4 is 27.7 Å². The third kappa shape index (κ3) is 4.88. The van der Waals surface area contributed by atoms with Gasteiger partial charge in [-0.3, -0.25) is 4.79 Å². The second kappa shape index (κ2) is 9.23. The third-order valence-corrected chi connectivity index (χ3v) is 7.68. The lowest BCUT2D eigenvalue weighted by atomic mass is 10.2. The maximum atomic E-state index is 12.5. The van der Waals surface area contributed by atoms with Crippen LogP contribution in [0.15, 0.2) is 52.5 Å². The van der Waals surface area contributed by atoms with Gasteiger partial charge in [0.1, 0.15) is 17.6 Å². The highest BCUT2D eigenvalue weighted by Gasteiger charge is 2.27. The molecule has 2 aromatic rings. The predicted molar refractivity (Wildman–Crippen MR) is 112 cm³/mol. The van der Waals surface area contributed by atoms with Gasteiger partial charge in [-0.1, -0.05) is 23.9 Å². The van der Waals surface area contributed by atoms with Crippen LogP contribution < -0.4 is 14.8 Å². The summed E-state index contributed by atoms with van der Waals surface area (Å²) in [6, 6.07) is 10.6. The number of hydrogen-bond donors (Lipinski definition) is 1. The van der Waals surface area contributed by atoms with E-state index in [1.54, 1.807) is 12.1 Å². The maximum Gasteiger partial charge on any atom is 0.244 e. The fourth-order valence-electron chi connectivity index (χ4n) is 3.26. The number of carbonyl (C=O) groups excluding carboxylic acids is 1. The SMILES string of the molecule is O=C(CSc1ccc(S(=O)(=O)N2CCCC2)cn1)NC[C@@H]1COc2ccccc2O1. The van der Waals surface area contributed by atoms with Gasteiger partial charge < -0.3 is 14.8 Å². The molecule has 2 aliphatic rings. The first-order valence-electron chi connectivity index (χ1n) is 9.76. The second-order valence-electron chi connectivity index (χ2n) is 7.03. The fraction of sp³-hybridized carbons (Fsp3) is 0.400. The van der Waals surface area contributed by atoms with Gasteiger partial charge in [0.15, 0.2) is 11.5 Å². The summed E-state index contributed by atoms with van der Waals surface area (Å²) < 4.78 is 38.0. The van der Waals surface area contributed by atoms with Gasteiger partial charge >= 0.3 is 0 Å². The molecule has 10 heteroatoms. The van der Waals surface area contributed by atoms with Gasteiger partial charge in [0.05, 0.1) is 17.3 Å². The second-order valence-corrected chi connectivity index (χ2v) is 9.97. The van der Waals surface area contributed by atoms with Gasteiger partial charge in [-0.05, 0) is 37.1 Å². The number of hydrogen-bond acceptors (Lipinski definition) is 7. The Morgan fingerprint density at radius 2 is 1.93 bits per heavy atom. The smallest absolute Gasteiger partial charge is 0.244 e. The molecule has 0 saturated carbocycles. The van der Waals surface area contributed by atoms with Crippen LogP contribution in [0.4, 0.5) is 0 Å². The minimum Gasteiger partial charge on any atom is -0.486 e. The standard InChI is InChI=1S/C20H23N3O5S2/c24-19(21-11-15-13-27-17-5-1-2-6-18(17)28-15)14-29-20-8-7-16(12-22-20)30(25,26)23-9-3-4-10-23/h1-2,5-8,12,15H,3-4,9-11,13-14H2,(H,21,24)/t15-/m1/s1. The third-order valence-electron chi connectivity index (χ3n) is 4.86. The quantitative estimate of drug-likeness (QED) is 0.645. The Kier molecular flexibility index (Phi) is 6.45. The van der Waals surface area contributed by atoms with Crippen molar-refractivity contribution < 1.29 is 22.7 Å². The average molecular weight is 450 g/mol. The van der Waals surface area contributed by atoms with Crippen LogP contribution in [-0.2, 0) is 14.8 Å². The molecule has 160 valence electrons. The molecule has 2 aliphatic heterocycles. The summed E-state index contributed by atoms with van der Waals surface area (Å²) in [5, 5.41) is 3.43. The number of para-hydroxylation sites is 2. The summed E-state index contributed by atoms with van der Waals surface area (Å²) in [6.45, 7) is 1.83. The fourth-order valence-corrected chi connectivity index (χ4v) is 5.40. The molecule has 4 rings (SSSR count). The molecule has 30 heavy (non-hydrogen) atoms. The van der Waals surface area contributed by atoms with Crippen molar-refractivity contribution in [2.24, 2.45) is 0 Å². The number of nitrogens with one attached hydrogen (secondary N) is 1. The lowest BCUT2D eigenvalue weighted by Gasteiger charge is -2.26. The molecule has 0 radical (unpaired) electrons. The van der Waals surface area contributed by atoms with Crippen LogP contribution in [0.25, 0.3) is 0 Å². The van der Waals surface area contributed by atoms with E-state index in [4.69, 9.17) is 9.47 Å². The zero-order chi connectivity index (χ0) is 21.0. The number of pyridine rings is 1. The van der Waals surface area contributed by atoms with Gasteiger partial charge in [-0.15, -0.1) is 0 Å². The van der Waals surface area contributed by atoms with Crippen LogP contribution in [0.3, 0.4) is 0 Å². The zero-order valence-corrected chi connectivity index (χ0v) is 18.0. The van der Waals surface area contributed by atoms with Crippen molar-refractivity contribution in [1.29, 1.82) is 0 Å². The highest BCUT2D eigenvalue weighted by molar-refractivity contribution is 7.99. The molecule has 1 amide bonds. The van der Waals surface area contributed by atoms with Crippen molar-refractivity contribution in [1.82, 2.24) is 14.6 Å². The molecular weight excluding hydrogens is 426 g/mol. The number of aromatic nitrogens is 1. The summed E-state index contributed by atoms with van der Waals surface area (Å²) in [5.41, 5.74) is 0. The summed E-state index contributed by atoms with van der Waals surface area (Å²) in [6.07, 6.45) is 2.89. The molecule has 8 nitrogen and oxygen atoms in total. The van der Waals surface area contributed by atoms with Gasteiger partial charge in [-0.25, -0.2) is 13.4 Å². The Balaban J connectivity index is 1.23. The Bertz CT molecular complexity index is 992. The van der Waals surface area contributed by atoms with E-state index in [-0.39, 0.29) is 22.7 Å². The van der Waals surface area contributed by atoms with Gasteiger partial charge in [-0.2, -0.15) is 4.31 Å². The Hall–Kier alpha value is -2.30. The van der Waals surface area contributed by atoms with Crippen molar-refractivity contribution in [3.8, 4) is 11.5 Å². The van der Waals surface area contributed by atoms with Crippen molar-refractivity contribution in [2.45, 2.75) is 28.9 Å². The molecule has 0 bridgehead atoms. The van der Waals surface area contributed by atoms with E-state index in [1.165, 1.54) is 22.3 Å². The minimum atomic E-state index is -3.47. The summed E-state index contributed by atoms with van der Waals surface area (Å²) >= 11 is 1.25. The lowest BCUT2D eigenvalue weighted by Crippen LogP contribution is -2.41. The summed E-state index contributed by atoms with van der Waals surface area (Å²) in [7, 11) is -3.47. The average Bonchev–Trinajstić information content (AvgIpc) is 3.32. The predicted octanol–water partition coefficient (Wildman–Crippen LogP) is 1.91. The molecule has 1 fully saturated rings. The van der Waals surface area contributed by atoms with E-state index in [0.717, 1.165) is 12.8 Å². The molecule has 1 atom stereocenters. The van der Waals surface area contributed by atoms with Crippen molar-refractivity contribution in [3.63, 3.8) is 0 Å². The number of benzene rings is 1. The van der Waals surface area contributed by atoms with Crippen molar-refractivity contribution in [2.75, 3.05) is 32.0 Å². The van der Waals surface area contributed by atoms with Gasteiger partial charge in [0, 0.05) is 19.3 Å². The number of nitrogens with zero attached hydrogens (tertiary/aromatic N) is 2. The molecule has 0 aliphatic carbocycles. The first-order valence-corrected chi connectivity index (χ1v) is 12.2. The number of rotatable bonds is 7. The van der Waals surface area contributed by atoms with E-state index in [0.29, 0.717) is 42.8 Å². The largest absolute Gasteiger partial charge is 0.486 e. The molecule has 1 N–H and O–H groups in total. The molecule has 1 aromatic carbocycles. The first-order chi connectivity index (χ1) is 14.5. The van der Waals surface area contributed by atoms with E-state index in [9.17, 15) is 13.2 Å². The van der Waals surface area contributed by atoms with Crippen LogP contribution >= 0.6 is 11.8 Å². The Morgan fingerprint density at radius 1 is 1.17 bits per heavy atom. The molecule has 0 spiro atoms. The van der Waals surface area contributed by atoms with Crippen LogP contribution in [0.2, 0.25) is 0 Å². The summed E-state index contributed by atoms with van der Waals surface area (Å²) in [4.78, 5) is 16.5. The first kappa shape index (κ1) is 21.0. The lowest BCUT2D eigenvalue weighted by molar-refractivity contribution is -0.119. The number of fused-ring (bicyclic) bond motifs is 1. The van der Waals surface area contributed by atoms with Crippen molar-refractivity contribution in [3.05, 3.63) is 42.6 Å². The zero-order valence-electron chi connectivity index (χ0n) is 16.3. The molecule has 1 saturated heterocycles.